The molecule has 1 saturated heterocycles. The van der Waals surface area contributed by atoms with E-state index in [2.05, 4.69) is 21.9 Å². The Morgan fingerprint density at radius 1 is 1.33 bits per heavy atom. The summed E-state index contributed by atoms with van der Waals surface area (Å²) in [6.45, 7) is 3.41. The third-order valence-electron chi connectivity index (χ3n) is 2.59. The molecule has 80 valence electrons. The highest BCUT2D eigenvalue weighted by Gasteiger charge is 2.20. The largest absolute Gasteiger partial charge is 0.335 e. The molecule has 0 spiro atoms. The predicted octanol–water partition coefficient (Wildman–Crippen LogP) is -0.136. The summed E-state index contributed by atoms with van der Waals surface area (Å²) < 4.78 is 0. The van der Waals surface area contributed by atoms with Gasteiger partial charge in [-0.2, -0.15) is 0 Å². The van der Waals surface area contributed by atoms with Crippen molar-refractivity contribution in [2.75, 3.05) is 33.2 Å². The molecule has 1 amide bonds. The molecule has 0 radical (unpaired) electrons. The highest BCUT2D eigenvalue weighted by molar-refractivity contribution is 5.92. The first kappa shape index (κ1) is 10.0. The third-order valence-corrected chi connectivity index (χ3v) is 2.59. The maximum atomic E-state index is 11.9. The summed E-state index contributed by atoms with van der Waals surface area (Å²) in [7, 11) is 2.06. The van der Waals surface area contributed by atoms with Gasteiger partial charge in [-0.25, -0.2) is 9.97 Å². The molecule has 2 heterocycles. The number of amides is 1. The van der Waals surface area contributed by atoms with E-state index >= 15 is 0 Å². The first-order valence-corrected chi connectivity index (χ1v) is 5.01. The lowest BCUT2D eigenvalue weighted by Crippen LogP contribution is -2.47. The Bertz CT molecular complexity index is 333. The van der Waals surface area contributed by atoms with Gasteiger partial charge in [-0.15, -0.1) is 0 Å². The molecule has 1 fully saturated rings. The molecule has 0 bridgehead atoms. The van der Waals surface area contributed by atoms with E-state index in [1.54, 1.807) is 12.3 Å². The minimum absolute atomic E-state index is 0.00509. The molecule has 5 heteroatoms. The molecule has 15 heavy (non-hydrogen) atoms. The van der Waals surface area contributed by atoms with Gasteiger partial charge in [0.15, 0.2) is 0 Å². The molecule has 2 rings (SSSR count). The Labute approximate surface area is 88.7 Å². The van der Waals surface area contributed by atoms with Crippen LogP contribution in [0.2, 0.25) is 0 Å². The van der Waals surface area contributed by atoms with Crippen molar-refractivity contribution in [2.24, 2.45) is 0 Å². The minimum Gasteiger partial charge on any atom is -0.335 e. The third kappa shape index (κ3) is 2.30. The first-order chi connectivity index (χ1) is 7.27. The zero-order valence-corrected chi connectivity index (χ0v) is 8.76. The van der Waals surface area contributed by atoms with E-state index in [0.717, 1.165) is 26.2 Å². The highest BCUT2D eigenvalue weighted by Crippen LogP contribution is 2.04. The second-order valence-corrected chi connectivity index (χ2v) is 3.69. The molecule has 0 aromatic carbocycles. The van der Waals surface area contributed by atoms with Crippen LogP contribution in [0.25, 0.3) is 0 Å². The highest BCUT2D eigenvalue weighted by atomic mass is 16.2. The summed E-state index contributed by atoms with van der Waals surface area (Å²) in [5.41, 5.74) is 0.481. The van der Waals surface area contributed by atoms with Gasteiger partial charge in [-0.05, 0) is 13.1 Å². The molecule has 1 aliphatic heterocycles. The van der Waals surface area contributed by atoms with Gasteiger partial charge in [0.1, 0.15) is 12.0 Å². The molecule has 5 nitrogen and oxygen atoms in total. The normalized spacial score (nSPS) is 17.8. The number of hydrogen-bond donors (Lipinski definition) is 0. The fourth-order valence-electron chi connectivity index (χ4n) is 1.59. The number of likely N-dealkylation sites (N-methyl/N-ethyl adjacent to an activating group) is 1. The van der Waals surface area contributed by atoms with E-state index in [1.165, 1.54) is 6.33 Å². The van der Waals surface area contributed by atoms with Gasteiger partial charge in [-0.1, -0.05) is 0 Å². The number of aromatic nitrogens is 2. The van der Waals surface area contributed by atoms with Gasteiger partial charge in [0.25, 0.3) is 5.91 Å². The van der Waals surface area contributed by atoms with Crippen LogP contribution >= 0.6 is 0 Å². The maximum Gasteiger partial charge on any atom is 0.272 e. The fourth-order valence-corrected chi connectivity index (χ4v) is 1.59. The number of rotatable bonds is 1. The molecular formula is C10H14N4O. The Morgan fingerprint density at radius 2 is 2.07 bits per heavy atom. The second kappa shape index (κ2) is 4.35. The van der Waals surface area contributed by atoms with Crippen molar-refractivity contribution in [3.63, 3.8) is 0 Å². The Balaban J connectivity index is 2.03. The lowest BCUT2D eigenvalue weighted by molar-refractivity contribution is 0.0658. The molecule has 1 aromatic heterocycles. The van der Waals surface area contributed by atoms with E-state index < -0.39 is 0 Å². The number of carbonyl (C=O) groups excluding carboxylic acids is 1. The average Bonchev–Trinajstić information content (AvgIpc) is 2.30. The predicted molar refractivity (Wildman–Crippen MR) is 55.4 cm³/mol. The van der Waals surface area contributed by atoms with Crippen LogP contribution in [0.15, 0.2) is 18.6 Å². The SMILES string of the molecule is CN1CCN(C(=O)c2ccncn2)CC1. The van der Waals surface area contributed by atoms with Crippen molar-refractivity contribution in [2.45, 2.75) is 0 Å². The molecular weight excluding hydrogens is 192 g/mol. The lowest BCUT2D eigenvalue weighted by atomic mass is 10.3. The number of nitrogens with zero attached hydrogens (tertiary/aromatic N) is 4. The van der Waals surface area contributed by atoms with E-state index in [9.17, 15) is 4.79 Å². The zero-order valence-electron chi connectivity index (χ0n) is 8.76. The van der Waals surface area contributed by atoms with Crippen LogP contribution in [0, 0.1) is 0 Å². The fraction of sp³-hybridized carbons (Fsp3) is 0.500. The number of carbonyl (C=O) groups is 1. The molecule has 1 aromatic rings. The van der Waals surface area contributed by atoms with Crippen LogP contribution in [0.5, 0.6) is 0 Å². The van der Waals surface area contributed by atoms with Crippen LogP contribution in [-0.2, 0) is 0 Å². The van der Waals surface area contributed by atoms with Crippen LogP contribution in [0.4, 0.5) is 0 Å². The zero-order chi connectivity index (χ0) is 10.7. The maximum absolute atomic E-state index is 11.9. The lowest BCUT2D eigenvalue weighted by Gasteiger charge is -2.32. The van der Waals surface area contributed by atoms with Crippen molar-refractivity contribution in [3.8, 4) is 0 Å². The van der Waals surface area contributed by atoms with Gasteiger partial charge in [0.05, 0.1) is 0 Å². The van der Waals surface area contributed by atoms with Crippen molar-refractivity contribution in [1.82, 2.24) is 19.8 Å². The summed E-state index contributed by atoms with van der Waals surface area (Å²) in [6.07, 6.45) is 3.00. The summed E-state index contributed by atoms with van der Waals surface area (Å²) in [4.78, 5) is 23.7. The van der Waals surface area contributed by atoms with E-state index in [4.69, 9.17) is 0 Å². The average molecular weight is 206 g/mol. The van der Waals surface area contributed by atoms with Gasteiger partial charge in [0, 0.05) is 32.4 Å². The second-order valence-electron chi connectivity index (χ2n) is 3.69. The molecule has 0 unspecified atom stereocenters. The summed E-state index contributed by atoms with van der Waals surface area (Å²) >= 11 is 0. The standard InChI is InChI=1S/C10H14N4O/c1-13-4-6-14(7-5-13)10(15)9-2-3-11-8-12-9/h2-3,8H,4-7H2,1H3. The molecule has 1 aliphatic rings. The van der Waals surface area contributed by atoms with Crippen molar-refractivity contribution in [3.05, 3.63) is 24.3 Å². The quantitative estimate of drug-likeness (QED) is 0.642. The van der Waals surface area contributed by atoms with Crippen molar-refractivity contribution in [1.29, 1.82) is 0 Å². The van der Waals surface area contributed by atoms with E-state index in [1.807, 2.05) is 4.90 Å². The summed E-state index contributed by atoms with van der Waals surface area (Å²) in [5.74, 6) is 0.00509. The Kier molecular flexibility index (Phi) is 2.91. The van der Waals surface area contributed by atoms with Crippen LogP contribution in [0.3, 0.4) is 0 Å². The topological polar surface area (TPSA) is 49.3 Å². The summed E-state index contributed by atoms with van der Waals surface area (Å²) in [5, 5.41) is 0. The molecule has 0 saturated carbocycles. The van der Waals surface area contributed by atoms with Crippen molar-refractivity contribution >= 4 is 5.91 Å². The van der Waals surface area contributed by atoms with E-state index in [-0.39, 0.29) is 5.91 Å². The smallest absolute Gasteiger partial charge is 0.272 e. The minimum atomic E-state index is 0.00509. The van der Waals surface area contributed by atoms with Gasteiger partial charge in [-0.3, -0.25) is 4.79 Å². The molecule has 0 atom stereocenters. The van der Waals surface area contributed by atoms with Crippen molar-refractivity contribution < 1.29 is 4.79 Å². The molecule has 0 aliphatic carbocycles. The van der Waals surface area contributed by atoms with Crippen LogP contribution in [-0.4, -0.2) is 58.9 Å². The van der Waals surface area contributed by atoms with Gasteiger partial charge in [0.2, 0.25) is 0 Å². The van der Waals surface area contributed by atoms with E-state index in [0.29, 0.717) is 5.69 Å². The number of piperazine rings is 1. The number of hydrogen-bond acceptors (Lipinski definition) is 4. The van der Waals surface area contributed by atoms with Gasteiger partial charge >= 0.3 is 0 Å². The Morgan fingerprint density at radius 3 is 2.67 bits per heavy atom. The summed E-state index contributed by atoms with van der Waals surface area (Å²) in [6, 6.07) is 1.65. The van der Waals surface area contributed by atoms with Crippen LogP contribution < -0.4 is 0 Å². The first-order valence-electron chi connectivity index (χ1n) is 5.01. The monoisotopic (exact) mass is 206 g/mol. The molecule has 0 N–H and O–H groups in total. The van der Waals surface area contributed by atoms with Crippen LogP contribution in [0.1, 0.15) is 10.5 Å². The van der Waals surface area contributed by atoms with Gasteiger partial charge < -0.3 is 9.80 Å². The Hall–Kier alpha value is -1.49.